The number of aromatic nitrogens is 1. The van der Waals surface area contributed by atoms with Gasteiger partial charge in [-0.05, 0) is 22.0 Å². The van der Waals surface area contributed by atoms with Gasteiger partial charge < -0.3 is 10.1 Å². The molecule has 0 bridgehead atoms. The number of pyridine rings is 1. The van der Waals surface area contributed by atoms with Crippen molar-refractivity contribution in [2.75, 3.05) is 0 Å². The van der Waals surface area contributed by atoms with Crippen LogP contribution in [0.15, 0.2) is 16.7 Å². The molecule has 0 aliphatic carbocycles. The van der Waals surface area contributed by atoms with Crippen molar-refractivity contribution in [2.45, 2.75) is 6.18 Å². The summed E-state index contributed by atoms with van der Waals surface area (Å²) in [5, 5.41) is 10.2. The van der Waals surface area contributed by atoms with Gasteiger partial charge in [0.05, 0.1) is 0 Å². The van der Waals surface area contributed by atoms with E-state index in [0.29, 0.717) is 6.07 Å². The Kier molecular flexibility index (Phi) is 2.74. The van der Waals surface area contributed by atoms with Crippen LogP contribution in [0.1, 0.15) is 5.56 Å². The Labute approximate surface area is 84.0 Å². The Balaban J connectivity index is 3.37. The largest absolute Gasteiger partial charge is 0.424 e. The Morgan fingerprint density at radius 1 is 1.43 bits per heavy atom. The number of nitro groups is 1. The molecule has 1 aromatic heterocycles. The van der Waals surface area contributed by atoms with Crippen molar-refractivity contribution in [3.05, 3.63) is 32.4 Å². The molecule has 0 radical (unpaired) electrons. The number of rotatable bonds is 1. The van der Waals surface area contributed by atoms with Crippen LogP contribution in [0.5, 0.6) is 0 Å². The molecule has 0 spiro atoms. The summed E-state index contributed by atoms with van der Waals surface area (Å²) >= 11 is 2.75. The van der Waals surface area contributed by atoms with Crippen molar-refractivity contribution in [1.29, 1.82) is 0 Å². The van der Waals surface area contributed by atoms with Crippen LogP contribution < -0.4 is 0 Å². The van der Waals surface area contributed by atoms with Crippen LogP contribution in [0.3, 0.4) is 0 Å². The third-order valence-corrected chi connectivity index (χ3v) is 1.76. The van der Waals surface area contributed by atoms with Crippen molar-refractivity contribution in [3.63, 3.8) is 0 Å². The summed E-state index contributed by atoms with van der Waals surface area (Å²) in [6, 6.07) is 1.60. The first kappa shape index (κ1) is 10.9. The summed E-state index contributed by atoms with van der Waals surface area (Å²) in [4.78, 5) is 12.2. The summed E-state index contributed by atoms with van der Waals surface area (Å²) in [6.07, 6.45) is -4.77. The quantitative estimate of drug-likeness (QED) is 0.448. The number of nitrogens with zero attached hydrogens (tertiary/aromatic N) is 2. The zero-order valence-electron chi connectivity index (χ0n) is 6.38. The van der Waals surface area contributed by atoms with Gasteiger partial charge in [-0.15, -0.1) is 0 Å². The number of hydrogen-bond donors (Lipinski definition) is 0. The van der Waals surface area contributed by atoms with E-state index in [2.05, 4.69) is 20.9 Å². The fourth-order valence-electron chi connectivity index (χ4n) is 0.786. The van der Waals surface area contributed by atoms with Gasteiger partial charge in [0.2, 0.25) is 4.60 Å². The van der Waals surface area contributed by atoms with Crippen molar-refractivity contribution in [1.82, 2.24) is 4.98 Å². The molecule has 14 heavy (non-hydrogen) atoms. The second kappa shape index (κ2) is 3.52. The van der Waals surface area contributed by atoms with Gasteiger partial charge in [0.25, 0.3) is 0 Å². The summed E-state index contributed by atoms with van der Waals surface area (Å²) in [6.45, 7) is 0. The van der Waals surface area contributed by atoms with E-state index in [4.69, 9.17) is 0 Å². The summed E-state index contributed by atoms with van der Waals surface area (Å²) < 4.78 is 36.5. The van der Waals surface area contributed by atoms with Gasteiger partial charge in [0, 0.05) is 15.9 Å². The minimum Gasteiger partial charge on any atom is -0.358 e. The average molecular weight is 271 g/mol. The van der Waals surface area contributed by atoms with Crippen LogP contribution in [0.4, 0.5) is 19.0 Å². The molecular formula is C6H2BrF3N2O2. The second-order valence-electron chi connectivity index (χ2n) is 2.26. The van der Waals surface area contributed by atoms with Crippen molar-refractivity contribution < 1.29 is 18.1 Å². The van der Waals surface area contributed by atoms with Gasteiger partial charge in [-0.1, -0.05) is 0 Å². The van der Waals surface area contributed by atoms with E-state index >= 15 is 0 Å². The first-order valence-corrected chi connectivity index (χ1v) is 4.00. The lowest BCUT2D eigenvalue weighted by Gasteiger charge is -2.05. The SMILES string of the molecule is O=[N+]([O-])c1nc(Br)ccc1C(F)(F)F. The van der Waals surface area contributed by atoms with Gasteiger partial charge >= 0.3 is 12.0 Å². The Bertz CT molecular complexity index is 380. The second-order valence-corrected chi connectivity index (χ2v) is 3.07. The molecule has 0 aliphatic heterocycles. The van der Waals surface area contributed by atoms with Crippen LogP contribution >= 0.6 is 15.9 Å². The molecule has 4 nitrogen and oxygen atoms in total. The third-order valence-electron chi connectivity index (χ3n) is 1.32. The summed E-state index contributed by atoms with van der Waals surface area (Å²) in [7, 11) is 0. The van der Waals surface area contributed by atoms with Crippen molar-refractivity contribution in [2.24, 2.45) is 0 Å². The number of halogens is 4. The van der Waals surface area contributed by atoms with Gasteiger partial charge in [-0.2, -0.15) is 13.2 Å². The predicted octanol–water partition coefficient (Wildman–Crippen LogP) is 2.77. The molecule has 0 unspecified atom stereocenters. The van der Waals surface area contributed by atoms with Crippen LogP contribution in [-0.2, 0) is 6.18 Å². The maximum atomic E-state index is 12.2. The molecule has 0 fully saturated rings. The third kappa shape index (κ3) is 2.19. The van der Waals surface area contributed by atoms with Crippen LogP contribution in [0.25, 0.3) is 0 Å². The molecule has 1 aromatic rings. The molecule has 76 valence electrons. The zero-order chi connectivity index (χ0) is 10.9. The highest BCUT2D eigenvalue weighted by Crippen LogP contribution is 2.35. The monoisotopic (exact) mass is 270 g/mol. The van der Waals surface area contributed by atoms with E-state index in [-0.39, 0.29) is 4.60 Å². The molecule has 0 amide bonds. The highest BCUT2D eigenvalue weighted by Gasteiger charge is 2.39. The maximum absolute atomic E-state index is 12.2. The topological polar surface area (TPSA) is 56.0 Å². The lowest BCUT2D eigenvalue weighted by Crippen LogP contribution is -2.10. The Morgan fingerprint density at radius 3 is 2.43 bits per heavy atom. The molecule has 0 saturated heterocycles. The molecule has 1 heterocycles. The minimum absolute atomic E-state index is 0.0165. The Morgan fingerprint density at radius 2 is 2.00 bits per heavy atom. The first-order chi connectivity index (χ1) is 6.32. The maximum Gasteiger partial charge on any atom is 0.424 e. The lowest BCUT2D eigenvalue weighted by molar-refractivity contribution is -0.392. The van der Waals surface area contributed by atoms with E-state index in [1.54, 1.807) is 0 Å². The molecule has 0 aromatic carbocycles. The van der Waals surface area contributed by atoms with Gasteiger partial charge in [0.15, 0.2) is 5.56 Å². The summed E-state index contributed by atoms with van der Waals surface area (Å²) in [5.74, 6) is -1.20. The summed E-state index contributed by atoms with van der Waals surface area (Å²) in [5.41, 5.74) is -1.36. The normalized spacial score (nSPS) is 11.4. The molecule has 0 atom stereocenters. The predicted molar refractivity (Wildman–Crippen MR) is 43.6 cm³/mol. The highest BCUT2D eigenvalue weighted by atomic mass is 79.9. The molecule has 0 N–H and O–H groups in total. The Hall–Kier alpha value is -1.18. The van der Waals surface area contributed by atoms with Crippen LogP contribution in [0.2, 0.25) is 0 Å². The minimum atomic E-state index is -4.77. The van der Waals surface area contributed by atoms with Gasteiger partial charge in [-0.3, -0.25) is 0 Å². The fraction of sp³-hybridized carbons (Fsp3) is 0.167. The van der Waals surface area contributed by atoms with Gasteiger partial charge in [-0.25, -0.2) is 0 Å². The van der Waals surface area contributed by atoms with Crippen LogP contribution in [-0.4, -0.2) is 9.91 Å². The molecule has 0 aliphatic rings. The number of alkyl halides is 3. The van der Waals surface area contributed by atoms with E-state index in [9.17, 15) is 23.3 Å². The highest BCUT2D eigenvalue weighted by molar-refractivity contribution is 9.10. The van der Waals surface area contributed by atoms with E-state index in [0.717, 1.165) is 6.07 Å². The lowest BCUT2D eigenvalue weighted by atomic mass is 10.2. The van der Waals surface area contributed by atoms with E-state index in [1.807, 2.05) is 0 Å². The smallest absolute Gasteiger partial charge is 0.358 e. The zero-order valence-corrected chi connectivity index (χ0v) is 7.96. The number of hydrogen-bond acceptors (Lipinski definition) is 3. The fourth-order valence-corrected chi connectivity index (χ4v) is 1.09. The van der Waals surface area contributed by atoms with Crippen molar-refractivity contribution >= 4 is 21.7 Å². The molecule has 0 saturated carbocycles. The van der Waals surface area contributed by atoms with E-state index in [1.165, 1.54) is 0 Å². The molecular weight excluding hydrogens is 269 g/mol. The van der Waals surface area contributed by atoms with Crippen LogP contribution in [0, 0.1) is 10.1 Å². The van der Waals surface area contributed by atoms with E-state index < -0.39 is 22.5 Å². The molecule has 1 rings (SSSR count). The standard InChI is InChI=1S/C6H2BrF3N2O2/c7-4-2-1-3(6(8,9)10)5(11-4)12(13)14/h1-2H. The average Bonchev–Trinajstić information content (AvgIpc) is 2.01. The first-order valence-electron chi connectivity index (χ1n) is 3.20. The van der Waals surface area contributed by atoms with Gasteiger partial charge in [0.1, 0.15) is 0 Å². The van der Waals surface area contributed by atoms with Crippen molar-refractivity contribution in [3.8, 4) is 0 Å². The molecule has 8 heteroatoms.